The second-order valence-electron chi connectivity index (χ2n) is 6.66. The lowest BCUT2D eigenvalue weighted by molar-refractivity contribution is -0.136. The molecule has 1 aliphatic rings. The third-order valence-electron chi connectivity index (χ3n) is 4.71. The van der Waals surface area contributed by atoms with Crippen molar-refractivity contribution in [3.63, 3.8) is 0 Å². The molecule has 2 aromatic rings. The standard InChI is InChI=1S/C18H26N4O/c1-15-12-19-21(13-15)14-17-7-3-4-10-22(17)18(23)11-16(2)20-8-5-6-9-20/h5-6,8-9,12-13,16-17H,3-4,7,10-11,14H2,1-2H3/t16-,17-/m1/s1. The van der Waals surface area contributed by atoms with E-state index >= 15 is 0 Å². The van der Waals surface area contributed by atoms with E-state index in [0.717, 1.165) is 25.9 Å². The molecule has 0 aliphatic carbocycles. The minimum atomic E-state index is 0.201. The number of rotatable bonds is 5. The zero-order valence-corrected chi connectivity index (χ0v) is 14.1. The molecule has 0 radical (unpaired) electrons. The number of nitrogens with zero attached hydrogens (tertiary/aromatic N) is 4. The molecule has 0 bridgehead atoms. The Morgan fingerprint density at radius 2 is 2.13 bits per heavy atom. The van der Waals surface area contributed by atoms with E-state index < -0.39 is 0 Å². The second-order valence-corrected chi connectivity index (χ2v) is 6.66. The number of carbonyl (C=O) groups is 1. The first-order valence-electron chi connectivity index (χ1n) is 8.54. The highest BCUT2D eigenvalue weighted by atomic mass is 16.2. The third kappa shape index (κ3) is 3.84. The molecule has 3 rings (SSSR count). The molecule has 0 saturated carbocycles. The van der Waals surface area contributed by atoms with E-state index in [4.69, 9.17) is 0 Å². The van der Waals surface area contributed by atoms with Gasteiger partial charge in [-0.3, -0.25) is 9.48 Å². The fraction of sp³-hybridized carbons (Fsp3) is 0.556. The van der Waals surface area contributed by atoms with Crippen LogP contribution in [0.2, 0.25) is 0 Å². The van der Waals surface area contributed by atoms with Gasteiger partial charge in [-0.2, -0.15) is 5.10 Å². The predicted octanol–water partition coefficient (Wildman–Crippen LogP) is 3.03. The predicted molar refractivity (Wildman–Crippen MR) is 90.1 cm³/mol. The van der Waals surface area contributed by atoms with Crippen LogP contribution >= 0.6 is 0 Å². The minimum Gasteiger partial charge on any atom is -0.351 e. The molecule has 2 atom stereocenters. The van der Waals surface area contributed by atoms with Crippen molar-refractivity contribution in [1.82, 2.24) is 19.2 Å². The van der Waals surface area contributed by atoms with Gasteiger partial charge in [0.25, 0.3) is 0 Å². The van der Waals surface area contributed by atoms with E-state index in [1.54, 1.807) is 0 Å². The molecular formula is C18H26N4O. The van der Waals surface area contributed by atoms with Crippen LogP contribution in [0.5, 0.6) is 0 Å². The number of carbonyl (C=O) groups excluding carboxylic acids is 1. The van der Waals surface area contributed by atoms with Crippen molar-refractivity contribution < 1.29 is 4.79 Å². The molecule has 0 N–H and O–H groups in total. The van der Waals surface area contributed by atoms with Gasteiger partial charge in [-0.25, -0.2) is 0 Å². The molecule has 5 heteroatoms. The third-order valence-corrected chi connectivity index (χ3v) is 4.71. The van der Waals surface area contributed by atoms with Crippen molar-refractivity contribution in [3.05, 3.63) is 42.5 Å². The summed E-state index contributed by atoms with van der Waals surface area (Å²) in [5, 5.41) is 4.38. The number of aromatic nitrogens is 3. The van der Waals surface area contributed by atoms with Crippen molar-refractivity contribution in [3.8, 4) is 0 Å². The first-order valence-corrected chi connectivity index (χ1v) is 8.54. The van der Waals surface area contributed by atoms with Gasteiger partial charge in [0.1, 0.15) is 0 Å². The van der Waals surface area contributed by atoms with Crippen LogP contribution in [0.15, 0.2) is 36.9 Å². The summed E-state index contributed by atoms with van der Waals surface area (Å²) in [4.78, 5) is 14.9. The lowest BCUT2D eigenvalue weighted by Crippen LogP contribution is -2.46. The Balaban J connectivity index is 1.64. The Bertz CT molecular complexity index is 631. The highest BCUT2D eigenvalue weighted by Crippen LogP contribution is 2.22. The Morgan fingerprint density at radius 1 is 1.35 bits per heavy atom. The van der Waals surface area contributed by atoms with Crippen molar-refractivity contribution >= 4 is 5.91 Å². The maximum atomic E-state index is 12.8. The Labute approximate surface area is 137 Å². The maximum absolute atomic E-state index is 12.8. The fourth-order valence-electron chi connectivity index (χ4n) is 3.42. The smallest absolute Gasteiger partial charge is 0.224 e. The molecule has 1 fully saturated rings. The van der Waals surface area contributed by atoms with Crippen LogP contribution in [0, 0.1) is 6.92 Å². The number of amides is 1. The van der Waals surface area contributed by atoms with Crippen molar-refractivity contribution in [2.24, 2.45) is 0 Å². The van der Waals surface area contributed by atoms with Gasteiger partial charge in [-0.15, -0.1) is 0 Å². The van der Waals surface area contributed by atoms with Gasteiger partial charge in [-0.1, -0.05) is 0 Å². The molecule has 5 nitrogen and oxygen atoms in total. The summed E-state index contributed by atoms with van der Waals surface area (Å²) in [6.45, 7) is 5.83. The summed E-state index contributed by atoms with van der Waals surface area (Å²) >= 11 is 0. The summed E-state index contributed by atoms with van der Waals surface area (Å²) in [7, 11) is 0. The summed E-state index contributed by atoms with van der Waals surface area (Å²) in [6.07, 6.45) is 11.9. The van der Waals surface area contributed by atoms with Gasteiger partial charge >= 0.3 is 0 Å². The highest BCUT2D eigenvalue weighted by Gasteiger charge is 2.28. The Morgan fingerprint density at radius 3 is 2.83 bits per heavy atom. The molecule has 2 aromatic heterocycles. The SMILES string of the molecule is Cc1cnn(C[C@H]2CCCCN2C(=O)C[C@@H](C)n2cccc2)c1. The number of aryl methyl sites for hydroxylation is 1. The van der Waals surface area contributed by atoms with Gasteiger partial charge in [0.15, 0.2) is 0 Å². The lowest BCUT2D eigenvalue weighted by Gasteiger charge is -2.36. The van der Waals surface area contributed by atoms with Gasteiger partial charge < -0.3 is 9.47 Å². The zero-order chi connectivity index (χ0) is 16.2. The molecule has 3 heterocycles. The molecule has 0 spiro atoms. The monoisotopic (exact) mass is 314 g/mol. The molecule has 1 saturated heterocycles. The van der Waals surface area contributed by atoms with E-state index in [9.17, 15) is 4.79 Å². The molecular weight excluding hydrogens is 288 g/mol. The number of hydrogen-bond donors (Lipinski definition) is 0. The van der Waals surface area contributed by atoms with Crippen molar-refractivity contribution in [2.45, 2.75) is 58.2 Å². The van der Waals surface area contributed by atoms with Crippen LogP contribution in [0.3, 0.4) is 0 Å². The van der Waals surface area contributed by atoms with E-state index in [1.807, 2.05) is 42.3 Å². The summed E-state index contributed by atoms with van der Waals surface area (Å²) in [5.41, 5.74) is 1.17. The van der Waals surface area contributed by atoms with Crippen LogP contribution in [0.1, 0.15) is 44.2 Å². The highest BCUT2D eigenvalue weighted by molar-refractivity contribution is 5.77. The van der Waals surface area contributed by atoms with Crippen LogP contribution in [0.25, 0.3) is 0 Å². The number of likely N-dealkylation sites (tertiary alicyclic amines) is 1. The average Bonchev–Trinajstić information content (AvgIpc) is 3.19. The molecule has 124 valence electrons. The maximum Gasteiger partial charge on any atom is 0.224 e. The molecule has 0 aromatic carbocycles. The van der Waals surface area contributed by atoms with E-state index in [1.165, 1.54) is 12.0 Å². The van der Waals surface area contributed by atoms with E-state index in [2.05, 4.69) is 27.7 Å². The average molecular weight is 314 g/mol. The first-order chi connectivity index (χ1) is 11.1. The molecule has 0 unspecified atom stereocenters. The summed E-state index contributed by atoms with van der Waals surface area (Å²) < 4.78 is 4.08. The van der Waals surface area contributed by atoms with Crippen molar-refractivity contribution in [2.75, 3.05) is 6.54 Å². The van der Waals surface area contributed by atoms with Crippen LogP contribution < -0.4 is 0 Å². The number of piperidine rings is 1. The van der Waals surface area contributed by atoms with E-state index in [-0.39, 0.29) is 18.0 Å². The molecule has 23 heavy (non-hydrogen) atoms. The lowest BCUT2D eigenvalue weighted by atomic mass is 10.0. The first kappa shape index (κ1) is 15.8. The molecule has 1 aliphatic heterocycles. The Hall–Kier alpha value is -2.04. The quantitative estimate of drug-likeness (QED) is 0.851. The van der Waals surface area contributed by atoms with Crippen LogP contribution in [0.4, 0.5) is 0 Å². The second kappa shape index (κ2) is 7.02. The summed E-state index contributed by atoms with van der Waals surface area (Å²) in [6, 6.07) is 4.48. The van der Waals surface area contributed by atoms with E-state index in [0.29, 0.717) is 6.42 Å². The number of hydrogen-bond acceptors (Lipinski definition) is 2. The zero-order valence-electron chi connectivity index (χ0n) is 14.1. The van der Waals surface area contributed by atoms with Crippen LogP contribution in [-0.2, 0) is 11.3 Å². The van der Waals surface area contributed by atoms with Gasteiger partial charge in [0.05, 0.1) is 18.8 Å². The normalized spacial score (nSPS) is 19.7. The van der Waals surface area contributed by atoms with Gasteiger partial charge in [-0.05, 0) is 50.8 Å². The Kier molecular flexibility index (Phi) is 4.84. The summed E-state index contributed by atoms with van der Waals surface area (Å²) in [5.74, 6) is 0.264. The fourth-order valence-corrected chi connectivity index (χ4v) is 3.42. The van der Waals surface area contributed by atoms with Gasteiger partial charge in [0.2, 0.25) is 5.91 Å². The van der Waals surface area contributed by atoms with Gasteiger partial charge in [0, 0.05) is 37.6 Å². The van der Waals surface area contributed by atoms with Crippen LogP contribution in [-0.4, -0.2) is 37.7 Å². The molecule has 1 amide bonds. The largest absolute Gasteiger partial charge is 0.351 e. The topological polar surface area (TPSA) is 43.1 Å². The minimum absolute atomic E-state index is 0.201. The van der Waals surface area contributed by atoms with Crippen molar-refractivity contribution in [1.29, 1.82) is 0 Å².